The maximum atomic E-state index is 5.78. The van der Waals surface area contributed by atoms with E-state index in [-0.39, 0.29) is 12.3 Å². The first kappa shape index (κ1) is 6.58. The summed E-state index contributed by atoms with van der Waals surface area (Å²) in [6.07, 6.45) is 2.33. The van der Waals surface area contributed by atoms with Gasteiger partial charge in [0.2, 0.25) is 0 Å². The zero-order valence-electron chi connectivity index (χ0n) is 5.95. The van der Waals surface area contributed by atoms with Crippen molar-refractivity contribution in [3.8, 4) is 0 Å². The molecule has 10 heavy (non-hydrogen) atoms. The Bertz CT molecular complexity index is 127. The zero-order chi connectivity index (χ0) is 6.97. The minimum atomic E-state index is 0.0174. The first-order valence-electron chi connectivity index (χ1n) is 3.87. The van der Waals surface area contributed by atoms with E-state index in [0.29, 0.717) is 12.5 Å². The van der Waals surface area contributed by atoms with Crippen LogP contribution in [0.1, 0.15) is 12.8 Å². The molecule has 0 aromatic carbocycles. The predicted molar refractivity (Wildman–Crippen MR) is 36.4 cm³/mol. The van der Waals surface area contributed by atoms with Crippen LogP contribution in [0.5, 0.6) is 0 Å². The van der Waals surface area contributed by atoms with Gasteiger partial charge in [0.1, 0.15) is 0 Å². The number of nitrogens with two attached hydrogens (primary N) is 1. The Hall–Kier alpha value is -0.120. The van der Waals surface area contributed by atoms with Crippen LogP contribution < -0.4 is 5.73 Å². The third-order valence-corrected chi connectivity index (χ3v) is 2.32. The van der Waals surface area contributed by atoms with Crippen LogP contribution in [0.25, 0.3) is 0 Å². The van der Waals surface area contributed by atoms with Gasteiger partial charge >= 0.3 is 0 Å². The van der Waals surface area contributed by atoms with Crippen molar-refractivity contribution in [2.75, 3.05) is 13.2 Å². The lowest BCUT2D eigenvalue weighted by Crippen LogP contribution is -2.35. The van der Waals surface area contributed by atoms with Gasteiger partial charge in [0, 0.05) is 18.6 Å². The van der Waals surface area contributed by atoms with E-state index in [4.69, 9.17) is 15.2 Å². The predicted octanol–water partition coefficient (Wildman–Crippen LogP) is 0.0966. The minimum Gasteiger partial charge on any atom is -0.352 e. The molecule has 3 nitrogen and oxygen atoms in total. The molecule has 0 aromatic rings. The van der Waals surface area contributed by atoms with Crippen molar-refractivity contribution in [2.24, 2.45) is 11.7 Å². The third-order valence-electron chi connectivity index (χ3n) is 2.32. The highest BCUT2D eigenvalue weighted by Crippen LogP contribution is 2.29. The van der Waals surface area contributed by atoms with Crippen molar-refractivity contribution in [1.82, 2.24) is 0 Å². The van der Waals surface area contributed by atoms with Crippen molar-refractivity contribution in [1.29, 1.82) is 0 Å². The number of rotatable bonds is 0. The Morgan fingerprint density at radius 3 is 3.00 bits per heavy atom. The van der Waals surface area contributed by atoms with Gasteiger partial charge in [-0.2, -0.15) is 0 Å². The van der Waals surface area contributed by atoms with Gasteiger partial charge in [-0.05, 0) is 12.8 Å². The van der Waals surface area contributed by atoms with Gasteiger partial charge in [0.15, 0.2) is 6.29 Å². The Labute approximate surface area is 60.5 Å². The van der Waals surface area contributed by atoms with Crippen molar-refractivity contribution in [2.45, 2.75) is 25.2 Å². The summed E-state index contributed by atoms with van der Waals surface area (Å²) in [5, 5.41) is 0. The number of fused-ring (bicyclic) bond motifs is 1. The van der Waals surface area contributed by atoms with Crippen LogP contribution in [-0.4, -0.2) is 25.5 Å². The number of hydrogen-bond acceptors (Lipinski definition) is 3. The number of ether oxygens (including phenoxy) is 2. The highest BCUT2D eigenvalue weighted by Gasteiger charge is 2.37. The highest BCUT2D eigenvalue weighted by atomic mass is 16.7. The molecule has 3 heteroatoms. The van der Waals surface area contributed by atoms with Crippen LogP contribution in [0.2, 0.25) is 0 Å². The fraction of sp³-hybridized carbons (Fsp3) is 1.00. The molecule has 0 aliphatic carbocycles. The summed E-state index contributed by atoms with van der Waals surface area (Å²) >= 11 is 0. The second-order valence-electron chi connectivity index (χ2n) is 3.04. The molecule has 2 aliphatic heterocycles. The smallest absolute Gasteiger partial charge is 0.161 e. The molecule has 2 N–H and O–H groups in total. The molecule has 2 saturated heterocycles. The molecule has 0 aromatic heterocycles. The van der Waals surface area contributed by atoms with E-state index in [0.717, 1.165) is 13.0 Å². The summed E-state index contributed by atoms with van der Waals surface area (Å²) in [7, 11) is 0. The summed E-state index contributed by atoms with van der Waals surface area (Å²) in [5.74, 6) is 0.466. The maximum absolute atomic E-state index is 5.78. The van der Waals surface area contributed by atoms with Crippen molar-refractivity contribution < 1.29 is 9.47 Å². The Morgan fingerprint density at radius 1 is 1.30 bits per heavy atom. The SMILES string of the molecule is NC1COC2OCCCC12. The Kier molecular flexibility index (Phi) is 1.64. The summed E-state index contributed by atoms with van der Waals surface area (Å²) in [4.78, 5) is 0. The molecule has 2 heterocycles. The lowest BCUT2D eigenvalue weighted by Gasteiger charge is -2.25. The molecular weight excluding hydrogens is 130 g/mol. The largest absolute Gasteiger partial charge is 0.352 e. The van der Waals surface area contributed by atoms with Crippen molar-refractivity contribution in [3.05, 3.63) is 0 Å². The fourth-order valence-electron chi connectivity index (χ4n) is 1.70. The van der Waals surface area contributed by atoms with Gasteiger partial charge < -0.3 is 15.2 Å². The molecule has 2 rings (SSSR count). The molecule has 2 fully saturated rings. The van der Waals surface area contributed by atoms with Crippen LogP contribution in [0.15, 0.2) is 0 Å². The Morgan fingerprint density at radius 2 is 2.20 bits per heavy atom. The molecule has 58 valence electrons. The minimum absolute atomic E-state index is 0.0174. The third kappa shape index (κ3) is 0.944. The summed E-state index contributed by atoms with van der Waals surface area (Å²) in [5.41, 5.74) is 5.78. The first-order chi connectivity index (χ1) is 4.88. The van der Waals surface area contributed by atoms with Gasteiger partial charge in [0.25, 0.3) is 0 Å². The molecule has 0 radical (unpaired) electrons. The maximum Gasteiger partial charge on any atom is 0.161 e. The monoisotopic (exact) mass is 143 g/mol. The molecule has 2 aliphatic rings. The van der Waals surface area contributed by atoms with Gasteiger partial charge in [-0.3, -0.25) is 0 Å². The molecule has 0 spiro atoms. The van der Waals surface area contributed by atoms with Gasteiger partial charge in [0.05, 0.1) is 6.61 Å². The molecule has 3 unspecified atom stereocenters. The highest BCUT2D eigenvalue weighted by molar-refractivity contribution is 4.83. The summed E-state index contributed by atoms with van der Waals surface area (Å²) < 4.78 is 10.7. The lowest BCUT2D eigenvalue weighted by molar-refractivity contribution is -0.150. The number of hydrogen-bond donors (Lipinski definition) is 1. The quantitative estimate of drug-likeness (QED) is 0.523. The summed E-state index contributed by atoms with van der Waals surface area (Å²) in [6.45, 7) is 1.52. The van der Waals surface area contributed by atoms with Crippen LogP contribution in [0.3, 0.4) is 0 Å². The topological polar surface area (TPSA) is 44.5 Å². The lowest BCUT2D eigenvalue weighted by atomic mass is 9.96. The van der Waals surface area contributed by atoms with Crippen LogP contribution in [0, 0.1) is 5.92 Å². The molecule has 0 amide bonds. The van der Waals surface area contributed by atoms with E-state index in [9.17, 15) is 0 Å². The standard InChI is InChI=1S/C7H13NO2/c8-6-4-10-7-5(6)2-1-3-9-7/h5-7H,1-4,8H2. The normalized spacial score (nSPS) is 47.1. The van der Waals surface area contributed by atoms with E-state index in [1.165, 1.54) is 6.42 Å². The van der Waals surface area contributed by atoms with Crippen LogP contribution in [0.4, 0.5) is 0 Å². The van der Waals surface area contributed by atoms with Gasteiger partial charge in [-0.1, -0.05) is 0 Å². The van der Waals surface area contributed by atoms with E-state index in [2.05, 4.69) is 0 Å². The van der Waals surface area contributed by atoms with Crippen molar-refractivity contribution in [3.63, 3.8) is 0 Å². The van der Waals surface area contributed by atoms with E-state index in [1.807, 2.05) is 0 Å². The first-order valence-corrected chi connectivity index (χ1v) is 3.87. The van der Waals surface area contributed by atoms with Crippen LogP contribution >= 0.6 is 0 Å². The second kappa shape index (κ2) is 2.49. The molecular formula is C7H13NO2. The molecule has 3 atom stereocenters. The van der Waals surface area contributed by atoms with E-state index < -0.39 is 0 Å². The van der Waals surface area contributed by atoms with E-state index >= 15 is 0 Å². The molecule has 0 saturated carbocycles. The average molecular weight is 143 g/mol. The fourth-order valence-corrected chi connectivity index (χ4v) is 1.70. The molecule has 0 bridgehead atoms. The van der Waals surface area contributed by atoms with Crippen LogP contribution in [-0.2, 0) is 9.47 Å². The summed E-state index contributed by atoms with van der Waals surface area (Å²) in [6, 6.07) is 0.213. The zero-order valence-corrected chi connectivity index (χ0v) is 5.95. The van der Waals surface area contributed by atoms with Gasteiger partial charge in [-0.25, -0.2) is 0 Å². The Balaban J connectivity index is 2.01. The van der Waals surface area contributed by atoms with E-state index in [1.54, 1.807) is 0 Å². The van der Waals surface area contributed by atoms with Gasteiger partial charge in [-0.15, -0.1) is 0 Å². The van der Waals surface area contributed by atoms with Crippen molar-refractivity contribution >= 4 is 0 Å². The average Bonchev–Trinajstić information content (AvgIpc) is 2.34. The second-order valence-corrected chi connectivity index (χ2v) is 3.04.